The second-order valence-corrected chi connectivity index (χ2v) is 5.67. The predicted molar refractivity (Wildman–Crippen MR) is 101 cm³/mol. The van der Waals surface area contributed by atoms with Gasteiger partial charge in [0.15, 0.2) is 6.39 Å². The normalized spacial score (nSPS) is 10.4. The zero-order valence-electron chi connectivity index (χ0n) is 14.4. The number of aromatic nitrogens is 3. The zero-order valence-corrected chi connectivity index (χ0v) is 14.4. The summed E-state index contributed by atoms with van der Waals surface area (Å²) in [4.78, 5) is 24.2. The van der Waals surface area contributed by atoms with Gasteiger partial charge in [-0.1, -0.05) is 36.4 Å². The van der Waals surface area contributed by atoms with Gasteiger partial charge in [0.1, 0.15) is 23.4 Å². The fraction of sp³-hybridized carbons (Fsp3) is 0. The third kappa shape index (κ3) is 3.65. The molecule has 0 unspecified atom stereocenters. The lowest BCUT2D eigenvalue weighted by molar-refractivity contribution is 0.0697. The maximum Gasteiger partial charge on any atom is 0.339 e. The van der Waals surface area contributed by atoms with E-state index in [2.05, 4.69) is 20.3 Å². The number of oxazole rings is 1. The lowest BCUT2D eigenvalue weighted by atomic mass is 10.0. The summed E-state index contributed by atoms with van der Waals surface area (Å²) >= 11 is 0. The van der Waals surface area contributed by atoms with E-state index in [0.717, 1.165) is 5.56 Å². The van der Waals surface area contributed by atoms with Crippen LogP contribution >= 0.6 is 0 Å². The van der Waals surface area contributed by atoms with Gasteiger partial charge in [0.05, 0.1) is 0 Å². The Kier molecular flexibility index (Phi) is 4.67. The van der Waals surface area contributed by atoms with Crippen molar-refractivity contribution in [3.8, 4) is 23.0 Å². The SMILES string of the molecule is O=C(O)c1cc(-c2ccccc2)c(Oc2cnco2)nc1Nc1ccccn1. The van der Waals surface area contributed by atoms with E-state index in [1.54, 1.807) is 24.4 Å². The first-order valence-corrected chi connectivity index (χ1v) is 8.29. The number of ether oxygens (including phenoxy) is 1. The lowest BCUT2D eigenvalue weighted by Gasteiger charge is -2.14. The minimum Gasteiger partial charge on any atom is -0.478 e. The van der Waals surface area contributed by atoms with Crippen molar-refractivity contribution in [2.75, 3.05) is 5.32 Å². The molecule has 1 aromatic carbocycles. The van der Waals surface area contributed by atoms with Crippen LogP contribution in [0.15, 0.2) is 77.8 Å². The number of anilines is 2. The highest BCUT2D eigenvalue weighted by atomic mass is 16.6. The molecule has 0 bridgehead atoms. The Morgan fingerprint density at radius 2 is 1.93 bits per heavy atom. The molecule has 0 radical (unpaired) electrons. The van der Waals surface area contributed by atoms with Crippen LogP contribution in [0, 0.1) is 0 Å². The minimum atomic E-state index is -1.13. The molecule has 0 aliphatic carbocycles. The molecule has 8 heteroatoms. The Hall–Kier alpha value is -4.20. The number of hydrogen-bond acceptors (Lipinski definition) is 7. The molecule has 0 fully saturated rings. The molecule has 0 aliphatic heterocycles. The van der Waals surface area contributed by atoms with E-state index in [1.165, 1.54) is 18.7 Å². The number of carbonyl (C=O) groups is 1. The molecule has 4 aromatic rings. The van der Waals surface area contributed by atoms with E-state index in [-0.39, 0.29) is 23.2 Å². The molecule has 2 N–H and O–H groups in total. The molecule has 0 saturated heterocycles. The summed E-state index contributed by atoms with van der Waals surface area (Å²) in [6, 6.07) is 16.0. The highest BCUT2D eigenvalue weighted by Gasteiger charge is 2.20. The van der Waals surface area contributed by atoms with Crippen LogP contribution < -0.4 is 10.1 Å². The largest absolute Gasteiger partial charge is 0.478 e. The topological polar surface area (TPSA) is 110 Å². The molecule has 3 aromatic heterocycles. The summed E-state index contributed by atoms with van der Waals surface area (Å²) < 4.78 is 10.9. The molecule has 4 rings (SSSR count). The van der Waals surface area contributed by atoms with E-state index < -0.39 is 5.97 Å². The molecular formula is C20H14N4O4. The number of benzene rings is 1. The van der Waals surface area contributed by atoms with Crippen LogP contribution in [-0.2, 0) is 0 Å². The summed E-state index contributed by atoms with van der Waals surface area (Å²) in [7, 11) is 0. The monoisotopic (exact) mass is 374 g/mol. The van der Waals surface area contributed by atoms with Crippen molar-refractivity contribution in [1.82, 2.24) is 15.0 Å². The highest BCUT2D eigenvalue weighted by Crippen LogP contribution is 2.35. The third-order valence-electron chi connectivity index (χ3n) is 3.82. The van der Waals surface area contributed by atoms with Gasteiger partial charge in [0, 0.05) is 11.8 Å². The van der Waals surface area contributed by atoms with Gasteiger partial charge in [0.2, 0.25) is 5.88 Å². The van der Waals surface area contributed by atoms with Crippen molar-refractivity contribution in [2.24, 2.45) is 0 Å². The second-order valence-electron chi connectivity index (χ2n) is 5.67. The van der Waals surface area contributed by atoms with E-state index >= 15 is 0 Å². The summed E-state index contributed by atoms with van der Waals surface area (Å²) in [5.41, 5.74) is 1.23. The average molecular weight is 374 g/mol. The van der Waals surface area contributed by atoms with Crippen LogP contribution in [0.25, 0.3) is 11.1 Å². The molecule has 0 amide bonds. The average Bonchev–Trinajstić information content (AvgIpc) is 3.22. The molecule has 138 valence electrons. The van der Waals surface area contributed by atoms with Gasteiger partial charge in [0.25, 0.3) is 0 Å². The Balaban J connectivity index is 1.85. The number of nitrogens with zero attached hydrogens (tertiary/aromatic N) is 3. The fourth-order valence-electron chi connectivity index (χ4n) is 2.56. The first kappa shape index (κ1) is 17.2. The number of carboxylic acids is 1. The summed E-state index contributed by atoms with van der Waals surface area (Å²) in [6.45, 7) is 0. The number of carboxylic acid groups (broad SMARTS) is 1. The van der Waals surface area contributed by atoms with E-state index in [0.29, 0.717) is 11.4 Å². The molecule has 0 saturated carbocycles. The van der Waals surface area contributed by atoms with Gasteiger partial charge in [-0.25, -0.2) is 14.8 Å². The number of nitrogens with one attached hydrogen (secondary N) is 1. The van der Waals surface area contributed by atoms with Crippen LogP contribution in [0.5, 0.6) is 11.8 Å². The van der Waals surface area contributed by atoms with E-state index in [4.69, 9.17) is 9.15 Å². The highest BCUT2D eigenvalue weighted by molar-refractivity contribution is 5.96. The van der Waals surface area contributed by atoms with Crippen molar-refractivity contribution < 1.29 is 19.1 Å². The zero-order chi connectivity index (χ0) is 19.3. The Bertz CT molecular complexity index is 1080. The van der Waals surface area contributed by atoms with Gasteiger partial charge in [-0.3, -0.25) is 0 Å². The maximum atomic E-state index is 11.9. The molecule has 0 atom stereocenters. The Labute approximate surface area is 159 Å². The second kappa shape index (κ2) is 7.58. The van der Waals surface area contributed by atoms with Crippen LogP contribution in [0.3, 0.4) is 0 Å². The predicted octanol–water partition coefficient (Wildman–Crippen LogP) is 4.37. The number of aromatic carboxylic acids is 1. The molecule has 3 heterocycles. The van der Waals surface area contributed by atoms with E-state index in [9.17, 15) is 9.90 Å². The maximum absolute atomic E-state index is 11.9. The van der Waals surface area contributed by atoms with Gasteiger partial charge in [-0.2, -0.15) is 4.98 Å². The molecule has 8 nitrogen and oxygen atoms in total. The molecule has 0 spiro atoms. The van der Waals surface area contributed by atoms with Crippen molar-refractivity contribution in [3.63, 3.8) is 0 Å². The Morgan fingerprint density at radius 3 is 2.61 bits per heavy atom. The van der Waals surface area contributed by atoms with Crippen LogP contribution in [-0.4, -0.2) is 26.0 Å². The lowest BCUT2D eigenvalue weighted by Crippen LogP contribution is -2.07. The first-order valence-electron chi connectivity index (χ1n) is 8.29. The fourth-order valence-corrected chi connectivity index (χ4v) is 2.56. The number of hydrogen-bond donors (Lipinski definition) is 2. The van der Waals surface area contributed by atoms with Gasteiger partial charge in [-0.15, -0.1) is 0 Å². The summed E-state index contributed by atoms with van der Waals surface area (Å²) in [5.74, 6) is -0.270. The van der Waals surface area contributed by atoms with E-state index in [1.807, 2.05) is 30.3 Å². The minimum absolute atomic E-state index is 0.0190. The smallest absolute Gasteiger partial charge is 0.339 e. The number of pyridine rings is 2. The van der Waals surface area contributed by atoms with Gasteiger partial charge >= 0.3 is 11.9 Å². The van der Waals surface area contributed by atoms with Gasteiger partial charge < -0.3 is 19.6 Å². The standard InChI is InChI=1S/C20H14N4O4/c25-20(26)15-10-14(13-6-2-1-3-7-13)19(28-17-11-21-12-27-17)24-18(15)23-16-8-4-5-9-22-16/h1-12H,(H,25,26)(H,22,23,24). The molecule has 28 heavy (non-hydrogen) atoms. The van der Waals surface area contributed by atoms with Gasteiger partial charge in [-0.05, 0) is 23.8 Å². The molecular weight excluding hydrogens is 360 g/mol. The van der Waals surface area contributed by atoms with Crippen molar-refractivity contribution >= 4 is 17.6 Å². The first-order chi connectivity index (χ1) is 13.7. The summed E-state index contributed by atoms with van der Waals surface area (Å²) in [6.07, 6.45) is 4.22. The Morgan fingerprint density at radius 1 is 1.11 bits per heavy atom. The third-order valence-corrected chi connectivity index (χ3v) is 3.82. The summed E-state index contributed by atoms with van der Waals surface area (Å²) in [5, 5.41) is 12.6. The van der Waals surface area contributed by atoms with Crippen LogP contribution in [0.2, 0.25) is 0 Å². The van der Waals surface area contributed by atoms with Crippen molar-refractivity contribution in [3.05, 3.63) is 78.9 Å². The van der Waals surface area contributed by atoms with Crippen LogP contribution in [0.1, 0.15) is 10.4 Å². The van der Waals surface area contributed by atoms with Crippen molar-refractivity contribution in [1.29, 1.82) is 0 Å². The number of rotatable bonds is 6. The van der Waals surface area contributed by atoms with Crippen LogP contribution in [0.4, 0.5) is 11.6 Å². The van der Waals surface area contributed by atoms with Crippen molar-refractivity contribution in [2.45, 2.75) is 0 Å². The molecule has 0 aliphatic rings. The quantitative estimate of drug-likeness (QED) is 0.512.